The van der Waals surface area contributed by atoms with Crippen LogP contribution >= 0.6 is 0 Å². The van der Waals surface area contributed by atoms with Crippen molar-refractivity contribution in [3.8, 4) is 34.9 Å². The Balaban J connectivity index is 0.00000432. The van der Waals surface area contributed by atoms with Gasteiger partial charge in [-0.25, -0.2) is 9.37 Å². The van der Waals surface area contributed by atoms with Crippen LogP contribution in [-0.4, -0.2) is 79.0 Å². The van der Waals surface area contributed by atoms with Gasteiger partial charge >= 0.3 is 0 Å². The highest BCUT2D eigenvalue weighted by molar-refractivity contribution is 6.09. The summed E-state index contributed by atoms with van der Waals surface area (Å²) in [4.78, 5) is 21.8. The quantitative estimate of drug-likeness (QED) is 0.200. The lowest BCUT2D eigenvalue weighted by molar-refractivity contribution is -0.129. The Hall–Kier alpha value is -5.00. The Morgan fingerprint density at radius 1 is 1.14 bits per heavy atom. The van der Waals surface area contributed by atoms with E-state index in [0.29, 0.717) is 41.6 Å². The SMILES string of the molecule is CC#CC(=O)N1CC[C@H](n2ncc3c(O[C@@H](C)[C@@H]4CCCN4C)nc4c(F)c(-c5c(C)c(C)cc6[nH]ncc56)c(C)cc4c32)C[C@H]1CC#N.[HH]. The number of ether oxygens (including phenoxy) is 1. The molecule has 0 saturated carbocycles. The molecular formula is C38H43FN8O2. The number of aromatic nitrogens is 5. The Bertz CT molecular complexity index is 2230. The molecule has 5 aromatic rings. The molecule has 2 fully saturated rings. The van der Waals surface area contributed by atoms with Gasteiger partial charge in [-0.1, -0.05) is 5.92 Å². The number of H-pyrrole nitrogens is 1. The molecule has 5 heterocycles. The van der Waals surface area contributed by atoms with Gasteiger partial charge in [0.2, 0.25) is 5.88 Å². The monoisotopic (exact) mass is 662 g/mol. The van der Waals surface area contributed by atoms with Gasteiger partial charge in [0.1, 0.15) is 11.6 Å². The number of carbonyl (C=O) groups is 1. The number of hydrogen-bond acceptors (Lipinski definition) is 7. The van der Waals surface area contributed by atoms with Gasteiger partial charge in [0, 0.05) is 36.4 Å². The van der Waals surface area contributed by atoms with Crippen LogP contribution in [0, 0.1) is 49.8 Å². The third-order valence-electron chi connectivity index (χ3n) is 10.7. The van der Waals surface area contributed by atoms with Crippen LogP contribution < -0.4 is 4.74 Å². The van der Waals surface area contributed by atoms with Crippen LogP contribution in [0.25, 0.3) is 43.8 Å². The Kier molecular flexibility index (Phi) is 8.50. The van der Waals surface area contributed by atoms with Crippen LogP contribution in [0.4, 0.5) is 4.39 Å². The first-order valence-corrected chi connectivity index (χ1v) is 17.0. The summed E-state index contributed by atoms with van der Waals surface area (Å²) in [5.41, 5.74) is 5.88. The molecule has 0 aliphatic carbocycles. The predicted octanol–water partition coefficient (Wildman–Crippen LogP) is 6.77. The molecule has 3 aromatic heterocycles. The zero-order valence-electron chi connectivity index (χ0n) is 28.9. The highest BCUT2D eigenvalue weighted by atomic mass is 19.1. The third kappa shape index (κ3) is 5.47. The Morgan fingerprint density at radius 3 is 2.69 bits per heavy atom. The van der Waals surface area contributed by atoms with Gasteiger partial charge in [0.15, 0.2) is 5.82 Å². The molecule has 0 unspecified atom stereocenters. The number of nitriles is 1. The molecule has 2 aliphatic heterocycles. The van der Waals surface area contributed by atoms with Gasteiger partial charge in [0.25, 0.3) is 5.91 Å². The number of hydrogen-bond donors (Lipinski definition) is 1. The highest BCUT2D eigenvalue weighted by Gasteiger charge is 2.35. The van der Waals surface area contributed by atoms with Gasteiger partial charge in [-0.2, -0.15) is 15.5 Å². The molecule has 2 aliphatic rings. The van der Waals surface area contributed by atoms with E-state index in [1.807, 2.05) is 37.6 Å². The maximum absolute atomic E-state index is 17.3. The number of fused-ring (bicyclic) bond motifs is 4. The maximum Gasteiger partial charge on any atom is 0.298 e. The van der Waals surface area contributed by atoms with Gasteiger partial charge < -0.3 is 9.64 Å². The molecule has 2 saturated heterocycles. The van der Waals surface area contributed by atoms with Crippen LogP contribution in [0.1, 0.15) is 70.1 Å². The summed E-state index contributed by atoms with van der Waals surface area (Å²) in [6, 6.07) is 6.06. The molecule has 254 valence electrons. The Labute approximate surface area is 286 Å². The van der Waals surface area contributed by atoms with E-state index in [2.05, 4.69) is 47.0 Å². The normalized spacial score (nSPS) is 20.4. The van der Waals surface area contributed by atoms with Gasteiger partial charge in [-0.15, -0.1) is 0 Å². The average molecular weight is 663 g/mol. The van der Waals surface area contributed by atoms with Crippen LogP contribution in [0.15, 0.2) is 24.5 Å². The molecule has 1 amide bonds. The average Bonchev–Trinajstić information content (AvgIpc) is 3.84. The number of amides is 1. The lowest BCUT2D eigenvalue weighted by Gasteiger charge is -2.37. The first-order chi connectivity index (χ1) is 23.6. The summed E-state index contributed by atoms with van der Waals surface area (Å²) in [5.74, 6) is 4.99. The largest absolute Gasteiger partial charge is 0.472 e. The van der Waals surface area contributed by atoms with Crippen molar-refractivity contribution in [3.63, 3.8) is 0 Å². The summed E-state index contributed by atoms with van der Waals surface area (Å²) < 4.78 is 25.9. The van der Waals surface area contributed by atoms with E-state index in [4.69, 9.17) is 14.8 Å². The molecule has 7 rings (SSSR count). The number of benzene rings is 2. The first kappa shape index (κ1) is 32.5. The number of aryl methyl sites for hydroxylation is 2. The van der Waals surface area contributed by atoms with Crippen molar-refractivity contribution in [2.24, 2.45) is 0 Å². The zero-order chi connectivity index (χ0) is 34.6. The first-order valence-electron chi connectivity index (χ1n) is 17.0. The van der Waals surface area contributed by atoms with Crippen LogP contribution in [0.5, 0.6) is 5.88 Å². The number of nitrogens with one attached hydrogen (secondary N) is 1. The maximum atomic E-state index is 17.3. The minimum Gasteiger partial charge on any atom is -0.472 e. The third-order valence-corrected chi connectivity index (χ3v) is 10.7. The second-order valence-corrected chi connectivity index (χ2v) is 13.7. The summed E-state index contributed by atoms with van der Waals surface area (Å²) in [5, 5.41) is 24.1. The smallest absolute Gasteiger partial charge is 0.298 e. The molecule has 0 bridgehead atoms. The molecule has 2 aromatic carbocycles. The lowest BCUT2D eigenvalue weighted by atomic mass is 9.89. The number of nitrogens with zero attached hydrogens (tertiary/aromatic N) is 7. The highest BCUT2D eigenvalue weighted by Crippen LogP contribution is 2.43. The fourth-order valence-corrected chi connectivity index (χ4v) is 8.11. The topological polar surface area (TPSA) is 116 Å². The van der Waals surface area contributed by atoms with Gasteiger partial charge in [-0.05, 0) is 114 Å². The molecule has 0 spiro atoms. The number of rotatable bonds is 6. The molecule has 0 radical (unpaired) electrons. The number of pyridine rings is 1. The summed E-state index contributed by atoms with van der Waals surface area (Å²) in [7, 11) is 2.11. The standard InChI is InChI=1S/C38H41FN8O2.H2/c1-7-9-32(48)46-15-12-26(18-25(46)11-13-40)47-37-27-16-22(3)33(34-23(4)21(2)17-30-28(34)19-41-44-30)35(39)36(27)43-38(29(37)20-42-47)49-24(5)31-10-8-14-45(31)6;/h16-17,19-20,24-26,31H,8,10-12,14-15,18H2,1-6H3,(H,41,44);1H/t24-,25+,26-,31-;/m0./s1. The number of aromatic amines is 1. The summed E-state index contributed by atoms with van der Waals surface area (Å²) >= 11 is 0. The van der Waals surface area contributed by atoms with Crippen molar-refractivity contribution in [1.82, 2.24) is 34.8 Å². The van der Waals surface area contributed by atoms with E-state index >= 15 is 4.39 Å². The van der Waals surface area contributed by atoms with Crippen molar-refractivity contribution in [1.29, 1.82) is 5.26 Å². The molecule has 10 nitrogen and oxygen atoms in total. The van der Waals surface area contributed by atoms with E-state index in [9.17, 15) is 10.1 Å². The molecule has 4 atom stereocenters. The van der Waals surface area contributed by atoms with Crippen LogP contribution in [0.2, 0.25) is 0 Å². The van der Waals surface area contributed by atoms with Crippen molar-refractivity contribution < 1.29 is 15.3 Å². The van der Waals surface area contributed by atoms with Gasteiger partial charge in [-0.3, -0.25) is 19.5 Å². The molecular weight excluding hydrogens is 619 g/mol. The second kappa shape index (κ2) is 12.8. The predicted molar refractivity (Wildman–Crippen MR) is 190 cm³/mol. The second-order valence-electron chi connectivity index (χ2n) is 13.7. The molecule has 11 heteroatoms. The van der Waals surface area contributed by atoms with Crippen molar-refractivity contribution >= 4 is 38.6 Å². The minimum atomic E-state index is -0.419. The summed E-state index contributed by atoms with van der Waals surface area (Å²) in [6.45, 7) is 11.1. The number of halogens is 1. The fourth-order valence-electron chi connectivity index (χ4n) is 8.11. The lowest BCUT2D eigenvalue weighted by Crippen LogP contribution is -2.46. The van der Waals surface area contributed by atoms with Crippen LogP contribution in [-0.2, 0) is 4.79 Å². The zero-order valence-corrected chi connectivity index (χ0v) is 28.9. The van der Waals surface area contributed by atoms with Crippen molar-refractivity contribution in [2.75, 3.05) is 20.1 Å². The number of piperidine rings is 1. The van der Waals surface area contributed by atoms with E-state index in [1.54, 1.807) is 24.2 Å². The molecule has 49 heavy (non-hydrogen) atoms. The van der Waals surface area contributed by atoms with E-state index in [-0.39, 0.29) is 43.5 Å². The van der Waals surface area contributed by atoms with E-state index < -0.39 is 5.82 Å². The van der Waals surface area contributed by atoms with Crippen LogP contribution in [0.3, 0.4) is 0 Å². The number of likely N-dealkylation sites (tertiary alicyclic amines) is 2. The Morgan fingerprint density at radius 2 is 1.96 bits per heavy atom. The number of carbonyl (C=O) groups excluding carboxylic acids is 1. The minimum absolute atomic E-state index is 0. The van der Waals surface area contributed by atoms with Gasteiger partial charge in [0.05, 0.1) is 47.3 Å². The van der Waals surface area contributed by atoms with Crippen molar-refractivity contribution in [3.05, 3.63) is 47.0 Å². The van der Waals surface area contributed by atoms with E-state index in [1.165, 1.54) is 0 Å². The number of likely N-dealkylation sites (N-methyl/N-ethyl adjacent to an activating group) is 1. The van der Waals surface area contributed by atoms with E-state index in [0.717, 1.165) is 58.1 Å². The van der Waals surface area contributed by atoms with Crippen molar-refractivity contribution in [2.45, 2.75) is 91.0 Å². The summed E-state index contributed by atoms with van der Waals surface area (Å²) in [6.07, 6.45) is 6.76. The fraction of sp³-hybridized carbons (Fsp3) is 0.447. The molecule has 1 N–H and O–H groups in total.